The van der Waals surface area contributed by atoms with Crippen molar-refractivity contribution in [3.05, 3.63) is 70.7 Å². The van der Waals surface area contributed by atoms with Gasteiger partial charge in [0, 0.05) is 26.4 Å². The molecule has 3 aromatic carbocycles. The van der Waals surface area contributed by atoms with E-state index in [9.17, 15) is 9.59 Å². The molecule has 0 aliphatic rings. The van der Waals surface area contributed by atoms with E-state index in [1.165, 1.54) is 25.8 Å². The summed E-state index contributed by atoms with van der Waals surface area (Å²) in [5.74, 6) is 0.313. The van der Waals surface area contributed by atoms with Crippen LogP contribution >= 0.6 is 23.4 Å². The molecule has 0 bridgehead atoms. The summed E-state index contributed by atoms with van der Waals surface area (Å²) < 4.78 is 10.7. The maximum atomic E-state index is 12.2. The summed E-state index contributed by atoms with van der Waals surface area (Å²) in [4.78, 5) is 24.7. The van der Waals surface area contributed by atoms with Crippen LogP contribution in [-0.2, 0) is 16.1 Å². The average molecular weight is 415 g/mol. The third-order valence-electron chi connectivity index (χ3n) is 4.24. The molecule has 28 heavy (non-hydrogen) atoms. The number of hydrogen-bond acceptors (Lipinski definition) is 5. The Bertz CT molecular complexity index is 1030. The number of hydrogen-bond donors (Lipinski definition) is 0. The predicted molar refractivity (Wildman–Crippen MR) is 112 cm³/mol. The number of thioether (sulfide) groups is 1. The van der Waals surface area contributed by atoms with Crippen LogP contribution in [-0.4, -0.2) is 24.6 Å². The number of carbonyl (C=O) groups is 2. The summed E-state index contributed by atoms with van der Waals surface area (Å²) >= 11 is 7.70. The smallest absolute Gasteiger partial charge is 0.316 e. The van der Waals surface area contributed by atoms with Crippen molar-refractivity contribution >= 4 is 45.9 Å². The summed E-state index contributed by atoms with van der Waals surface area (Å²) in [6.45, 7) is 1.53. The highest BCUT2D eigenvalue weighted by molar-refractivity contribution is 8.00. The molecule has 0 aromatic heterocycles. The van der Waals surface area contributed by atoms with Crippen LogP contribution in [0.5, 0.6) is 5.75 Å². The van der Waals surface area contributed by atoms with Gasteiger partial charge in [-0.1, -0.05) is 35.9 Å². The second-order valence-electron chi connectivity index (χ2n) is 6.13. The average Bonchev–Trinajstić information content (AvgIpc) is 2.70. The Hall–Kier alpha value is -2.50. The first-order valence-corrected chi connectivity index (χ1v) is 9.99. The maximum absolute atomic E-state index is 12.2. The molecule has 0 fully saturated rings. The van der Waals surface area contributed by atoms with E-state index in [1.807, 2.05) is 36.4 Å². The number of halogens is 1. The Morgan fingerprint density at radius 3 is 2.54 bits per heavy atom. The zero-order valence-corrected chi connectivity index (χ0v) is 17.1. The molecule has 0 N–H and O–H groups in total. The number of ketones is 1. The van der Waals surface area contributed by atoms with Crippen LogP contribution < -0.4 is 4.74 Å². The molecule has 3 aromatic rings. The molecule has 6 heteroatoms. The van der Waals surface area contributed by atoms with Crippen molar-refractivity contribution in [1.82, 2.24) is 0 Å². The second-order valence-corrected chi connectivity index (χ2v) is 7.55. The van der Waals surface area contributed by atoms with Crippen molar-refractivity contribution in [3.8, 4) is 5.75 Å². The molecule has 0 unspecified atom stereocenters. The summed E-state index contributed by atoms with van der Waals surface area (Å²) in [7, 11) is 1.54. The zero-order valence-electron chi connectivity index (χ0n) is 15.5. The van der Waals surface area contributed by atoms with Gasteiger partial charge in [-0.3, -0.25) is 9.59 Å². The van der Waals surface area contributed by atoms with Crippen LogP contribution in [0.3, 0.4) is 0 Å². The highest BCUT2D eigenvalue weighted by Crippen LogP contribution is 2.33. The first kappa shape index (κ1) is 20.2. The Morgan fingerprint density at radius 2 is 1.82 bits per heavy atom. The van der Waals surface area contributed by atoms with Crippen LogP contribution in [0, 0.1) is 0 Å². The van der Waals surface area contributed by atoms with Gasteiger partial charge in [0.2, 0.25) is 0 Å². The van der Waals surface area contributed by atoms with E-state index in [0.717, 1.165) is 15.7 Å². The number of fused-ring (bicyclic) bond motifs is 1. The lowest BCUT2D eigenvalue weighted by Gasteiger charge is -2.11. The molecule has 4 nitrogen and oxygen atoms in total. The SMILES string of the molecule is COc1ccc(C(C)=O)cc1COC(=O)CSc1cccc2cccc(Cl)c12. The van der Waals surface area contributed by atoms with E-state index in [-0.39, 0.29) is 24.1 Å². The number of carbonyl (C=O) groups excluding carboxylic acids is 2. The summed E-state index contributed by atoms with van der Waals surface area (Å²) in [6.07, 6.45) is 0. The number of rotatable bonds is 7. The fraction of sp³-hybridized carbons (Fsp3) is 0.182. The molecule has 0 amide bonds. The molecule has 0 heterocycles. The number of Topliss-reactive ketones (excluding diaryl/α,β-unsaturated/α-hetero) is 1. The Kier molecular flexibility index (Phi) is 6.60. The molecule has 0 aliphatic carbocycles. The number of benzene rings is 3. The highest BCUT2D eigenvalue weighted by atomic mass is 35.5. The fourth-order valence-corrected chi connectivity index (χ4v) is 4.07. The van der Waals surface area contributed by atoms with Crippen LogP contribution in [0.4, 0.5) is 0 Å². The van der Waals surface area contributed by atoms with Gasteiger partial charge in [0.25, 0.3) is 0 Å². The van der Waals surface area contributed by atoms with Crippen molar-refractivity contribution in [2.24, 2.45) is 0 Å². The van der Waals surface area contributed by atoms with Crippen molar-refractivity contribution < 1.29 is 19.1 Å². The monoisotopic (exact) mass is 414 g/mol. The van der Waals surface area contributed by atoms with Gasteiger partial charge in [0.15, 0.2) is 5.78 Å². The molecule has 0 aliphatic heterocycles. The minimum Gasteiger partial charge on any atom is -0.496 e. The van der Waals surface area contributed by atoms with Crippen molar-refractivity contribution in [2.75, 3.05) is 12.9 Å². The van der Waals surface area contributed by atoms with Gasteiger partial charge < -0.3 is 9.47 Å². The lowest BCUT2D eigenvalue weighted by atomic mass is 10.1. The lowest BCUT2D eigenvalue weighted by Crippen LogP contribution is -2.08. The first-order chi connectivity index (χ1) is 13.5. The van der Waals surface area contributed by atoms with Crippen molar-refractivity contribution in [1.29, 1.82) is 0 Å². The fourth-order valence-electron chi connectivity index (χ4n) is 2.83. The van der Waals surface area contributed by atoms with E-state index < -0.39 is 0 Å². The predicted octanol–water partition coefficient (Wildman–Crippen LogP) is 5.54. The normalized spacial score (nSPS) is 10.7. The number of methoxy groups -OCH3 is 1. The molecule has 144 valence electrons. The topological polar surface area (TPSA) is 52.6 Å². The highest BCUT2D eigenvalue weighted by Gasteiger charge is 2.12. The third-order valence-corrected chi connectivity index (χ3v) is 5.58. The van der Waals surface area contributed by atoms with Gasteiger partial charge in [-0.15, -0.1) is 11.8 Å². The van der Waals surface area contributed by atoms with E-state index in [1.54, 1.807) is 18.2 Å². The van der Waals surface area contributed by atoms with Gasteiger partial charge in [0.05, 0.1) is 12.9 Å². The standard InChI is InChI=1S/C22H19ClO4S/c1-14(24)16-9-10-19(26-2)17(11-16)12-27-21(25)13-28-20-8-4-6-15-5-3-7-18(23)22(15)20/h3-11H,12-13H2,1-2H3. The number of ether oxygens (including phenoxy) is 2. The Balaban J connectivity index is 1.66. The Morgan fingerprint density at radius 1 is 1.07 bits per heavy atom. The molecule has 0 saturated heterocycles. The van der Waals surface area contributed by atoms with Gasteiger partial charge in [-0.25, -0.2) is 0 Å². The van der Waals surface area contributed by atoms with Gasteiger partial charge in [0.1, 0.15) is 12.4 Å². The maximum Gasteiger partial charge on any atom is 0.316 e. The third kappa shape index (κ3) is 4.66. The molecule has 0 radical (unpaired) electrons. The second kappa shape index (κ2) is 9.13. The van der Waals surface area contributed by atoms with Gasteiger partial charge in [-0.2, -0.15) is 0 Å². The van der Waals surface area contributed by atoms with Gasteiger partial charge in [-0.05, 0) is 42.6 Å². The van der Waals surface area contributed by atoms with Crippen LogP contribution in [0.25, 0.3) is 10.8 Å². The first-order valence-electron chi connectivity index (χ1n) is 8.63. The molecular formula is C22H19ClO4S. The van der Waals surface area contributed by atoms with Crippen molar-refractivity contribution in [2.45, 2.75) is 18.4 Å². The van der Waals surface area contributed by atoms with Crippen LogP contribution in [0.1, 0.15) is 22.8 Å². The minimum atomic E-state index is -0.357. The summed E-state index contributed by atoms with van der Waals surface area (Å²) in [5.41, 5.74) is 1.20. The molecule has 0 saturated carbocycles. The number of esters is 1. The Labute approximate surface area is 172 Å². The van der Waals surface area contributed by atoms with Gasteiger partial charge >= 0.3 is 5.97 Å². The van der Waals surface area contributed by atoms with Crippen LogP contribution in [0.15, 0.2) is 59.5 Å². The van der Waals surface area contributed by atoms with E-state index in [4.69, 9.17) is 21.1 Å². The molecular weight excluding hydrogens is 396 g/mol. The van der Waals surface area contributed by atoms with E-state index >= 15 is 0 Å². The van der Waals surface area contributed by atoms with Crippen LogP contribution in [0.2, 0.25) is 5.02 Å². The zero-order chi connectivity index (χ0) is 20.1. The lowest BCUT2D eigenvalue weighted by molar-refractivity contribution is -0.141. The van der Waals surface area contributed by atoms with Crippen molar-refractivity contribution in [3.63, 3.8) is 0 Å². The quantitative estimate of drug-likeness (QED) is 0.288. The minimum absolute atomic E-state index is 0.0416. The largest absolute Gasteiger partial charge is 0.496 e. The van der Waals surface area contributed by atoms with E-state index in [2.05, 4.69) is 0 Å². The van der Waals surface area contributed by atoms with E-state index in [0.29, 0.717) is 21.9 Å². The molecule has 0 spiro atoms. The summed E-state index contributed by atoms with van der Waals surface area (Å²) in [6, 6.07) is 16.6. The molecule has 3 rings (SSSR count). The molecule has 0 atom stereocenters. The summed E-state index contributed by atoms with van der Waals surface area (Å²) in [5, 5.41) is 2.61.